The number of pyridine rings is 1. The van der Waals surface area contributed by atoms with Crippen LogP contribution in [0, 0.1) is 11.3 Å². The summed E-state index contributed by atoms with van der Waals surface area (Å²) in [7, 11) is 0. The van der Waals surface area contributed by atoms with Crippen LogP contribution in [0.5, 0.6) is 0 Å². The van der Waals surface area contributed by atoms with E-state index >= 15 is 0 Å². The molecule has 2 rings (SSSR count). The number of aromatic nitrogens is 3. The molecule has 0 fully saturated rings. The maximum atomic E-state index is 11.7. The van der Waals surface area contributed by atoms with Gasteiger partial charge in [-0.2, -0.15) is 10.4 Å². The van der Waals surface area contributed by atoms with E-state index in [2.05, 4.69) is 22.0 Å². The van der Waals surface area contributed by atoms with Crippen LogP contribution in [-0.2, 0) is 0 Å². The Kier molecular flexibility index (Phi) is 4.83. The summed E-state index contributed by atoms with van der Waals surface area (Å²) in [6.45, 7) is 5.61. The van der Waals surface area contributed by atoms with Crippen molar-refractivity contribution in [1.29, 1.82) is 5.26 Å². The van der Waals surface area contributed by atoms with Crippen molar-refractivity contribution in [2.75, 3.05) is 6.54 Å². The van der Waals surface area contributed by atoms with Gasteiger partial charge >= 0.3 is 0 Å². The normalized spacial score (nSPS) is 10.8. The molecule has 2 aromatic rings. The summed E-state index contributed by atoms with van der Waals surface area (Å²) in [6, 6.07) is 5.26. The van der Waals surface area contributed by atoms with E-state index in [0.29, 0.717) is 11.3 Å². The fourth-order valence-electron chi connectivity index (χ4n) is 1.86. The summed E-state index contributed by atoms with van der Waals surface area (Å²) < 4.78 is 1.71. The second-order valence-corrected chi connectivity index (χ2v) is 4.36. The van der Waals surface area contributed by atoms with E-state index in [9.17, 15) is 4.79 Å². The maximum Gasteiger partial charge on any atom is 0.253 e. The van der Waals surface area contributed by atoms with E-state index in [0.717, 1.165) is 11.3 Å². The maximum absolute atomic E-state index is 11.7. The third-order valence-electron chi connectivity index (χ3n) is 3.00. The number of hydrogen-bond donors (Lipinski definition) is 1. The van der Waals surface area contributed by atoms with Crippen molar-refractivity contribution < 1.29 is 4.79 Å². The Morgan fingerprint density at radius 2 is 2.32 bits per heavy atom. The van der Waals surface area contributed by atoms with E-state index in [1.165, 1.54) is 6.20 Å². The van der Waals surface area contributed by atoms with Crippen molar-refractivity contribution in [1.82, 2.24) is 20.1 Å². The van der Waals surface area contributed by atoms with E-state index in [4.69, 9.17) is 5.26 Å². The van der Waals surface area contributed by atoms with Crippen LogP contribution in [0.25, 0.3) is 17.0 Å². The zero-order valence-corrected chi connectivity index (χ0v) is 12.2. The monoisotopic (exact) mass is 293 g/mol. The molecule has 6 heteroatoms. The molecule has 0 aliphatic heterocycles. The predicted molar refractivity (Wildman–Crippen MR) is 83.5 cm³/mol. The molecule has 0 atom stereocenters. The van der Waals surface area contributed by atoms with Gasteiger partial charge in [-0.3, -0.25) is 9.78 Å². The van der Waals surface area contributed by atoms with E-state index in [1.54, 1.807) is 29.1 Å². The van der Waals surface area contributed by atoms with Gasteiger partial charge in [0.25, 0.3) is 5.91 Å². The molecule has 0 unspecified atom stereocenters. The standard InChI is InChI=1S/C16H15N5O/c1-3-14(4-2)21-11-13(10-20-21)15-6-5-12(9-19-15)16(22)18-8-7-17/h3-6,9-11H,1,8H2,2H3,(H,18,22)/b14-4+. The molecular formula is C16H15N5O. The van der Waals surface area contributed by atoms with Crippen LogP contribution in [0.1, 0.15) is 17.3 Å². The molecule has 1 amide bonds. The molecule has 0 bridgehead atoms. The minimum atomic E-state index is -0.320. The second-order valence-electron chi connectivity index (χ2n) is 4.36. The highest BCUT2D eigenvalue weighted by Gasteiger charge is 2.08. The lowest BCUT2D eigenvalue weighted by molar-refractivity contribution is 0.0958. The number of amides is 1. The molecular weight excluding hydrogens is 278 g/mol. The summed E-state index contributed by atoms with van der Waals surface area (Å²) in [5, 5.41) is 15.2. The van der Waals surface area contributed by atoms with Crippen LogP contribution in [-0.4, -0.2) is 27.2 Å². The smallest absolute Gasteiger partial charge is 0.253 e. The van der Waals surface area contributed by atoms with Gasteiger partial charge < -0.3 is 5.32 Å². The average molecular weight is 293 g/mol. The van der Waals surface area contributed by atoms with Crippen LogP contribution in [0.15, 0.2) is 49.5 Å². The van der Waals surface area contributed by atoms with Gasteiger partial charge in [0.05, 0.1) is 29.2 Å². The summed E-state index contributed by atoms with van der Waals surface area (Å²) >= 11 is 0. The number of nitrogens with one attached hydrogen (secondary N) is 1. The summed E-state index contributed by atoms with van der Waals surface area (Å²) in [5.41, 5.74) is 2.83. The first-order chi connectivity index (χ1) is 10.7. The molecule has 0 saturated carbocycles. The average Bonchev–Trinajstić information content (AvgIpc) is 3.04. The molecule has 0 saturated heterocycles. The third-order valence-corrected chi connectivity index (χ3v) is 3.00. The molecule has 0 spiro atoms. The molecule has 2 aromatic heterocycles. The Bertz CT molecular complexity index is 750. The van der Waals surface area contributed by atoms with Crippen molar-refractivity contribution in [2.45, 2.75) is 6.92 Å². The van der Waals surface area contributed by atoms with Gasteiger partial charge in [-0.15, -0.1) is 0 Å². The summed E-state index contributed by atoms with van der Waals surface area (Å²) in [5.74, 6) is -0.320. The second kappa shape index (κ2) is 6.99. The Hall–Kier alpha value is -3.20. The highest BCUT2D eigenvalue weighted by atomic mass is 16.1. The largest absolute Gasteiger partial charge is 0.339 e. The van der Waals surface area contributed by atoms with Crippen molar-refractivity contribution in [3.8, 4) is 17.3 Å². The van der Waals surface area contributed by atoms with Crippen molar-refractivity contribution in [2.24, 2.45) is 0 Å². The molecule has 0 radical (unpaired) electrons. The Balaban J connectivity index is 2.19. The first-order valence-corrected chi connectivity index (χ1v) is 6.65. The molecule has 0 aliphatic rings. The van der Waals surface area contributed by atoms with E-state index in [-0.39, 0.29) is 12.5 Å². The first-order valence-electron chi connectivity index (χ1n) is 6.65. The number of nitriles is 1. The van der Waals surface area contributed by atoms with Crippen LogP contribution >= 0.6 is 0 Å². The highest BCUT2D eigenvalue weighted by Crippen LogP contribution is 2.18. The van der Waals surface area contributed by atoms with Crippen LogP contribution in [0.2, 0.25) is 0 Å². The molecule has 2 heterocycles. The van der Waals surface area contributed by atoms with Gasteiger partial charge in [-0.1, -0.05) is 12.7 Å². The molecule has 22 heavy (non-hydrogen) atoms. The topological polar surface area (TPSA) is 83.6 Å². The lowest BCUT2D eigenvalue weighted by Gasteiger charge is -2.02. The number of allylic oxidation sites excluding steroid dienone is 3. The lowest BCUT2D eigenvalue weighted by Crippen LogP contribution is -2.23. The zero-order chi connectivity index (χ0) is 15.9. The Morgan fingerprint density at radius 1 is 1.50 bits per heavy atom. The molecule has 0 aromatic carbocycles. The molecule has 1 N–H and O–H groups in total. The molecule has 110 valence electrons. The number of nitrogens with zero attached hydrogens (tertiary/aromatic N) is 4. The first kappa shape index (κ1) is 15.2. The number of carbonyl (C=O) groups is 1. The van der Waals surface area contributed by atoms with Crippen LogP contribution in [0.4, 0.5) is 0 Å². The Labute approximate surface area is 128 Å². The number of carbonyl (C=O) groups excluding carboxylic acids is 1. The minimum Gasteiger partial charge on any atom is -0.339 e. The van der Waals surface area contributed by atoms with Gasteiger partial charge in [-0.05, 0) is 25.1 Å². The Morgan fingerprint density at radius 3 is 2.91 bits per heavy atom. The van der Waals surface area contributed by atoms with Crippen molar-refractivity contribution >= 4 is 11.6 Å². The van der Waals surface area contributed by atoms with Gasteiger partial charge in [0.15, 0.2) is 0 Å². The number of rotatable bonds is 5. The van der Waals surface area contributed by atoms with Gasteiger partial charge in [0, 0.05) is 18.0 Å². The van der Waals surface area contributed by atoms with Crippen molar-refractivity contribution in [3.05, 3.63) is 55.0 Å². The van der Waals surface area contributed by atoms with Gasteiger partial charge in [-0.25, -0.2) is 4.68 Å². The highest BCUT2D eigenvalue weighted by molar-refractivity contribution is 5.94. The van der Waals surface area contributed by atoms with E-state index < -0.39 is 0 Å². The fraction of sp³-hybridized carbons (Fsp3) is 0.125. The van der Waals surface area contributed by atoms with Gasteiger partial charge in [0.1, 0.15) is 6.54 Å². The fourth-order valence-corrected chi connectivity index (χ4v) is 1.86. The summed E-state index contributed by atoms with van der Waals surface area (Å²) in [4.78, 5) is 15.9. The predicted octanol–water partition coefficient (Wildman–Crippen LogP) is 2.25. The SMILES string of the molecule is C=C/C(=C\C)n1cc(-c2ccc(C(=O)NCC#N)cn2)cn1. The molecule has 0 aliphatic carbocycles. The zero-order valence-electron chi connectivity index (χ0n) is 12.2. The van der Waals surface area contributed by atoms with E-state index in [1.807, 2.05) is 25.3 Å². The minimum absolute atomic E-state index is 0.0267. The van der Waals surface area contributed by atoms with Gasteiger partial charge in [0.2, 0.25) is 0 Å². The number of hydrogen-bond acceptors (Lipinski definition) is 4. The lowest BCUT2D eigenvalue weighted by atomic mass is 10.2. The summed E-state index contributed by atoms with van der Waals surface area (Å²) in [6.07, 6.45) is 8.63. The molecule has 6 nitrogen and oxygen atoms in total. The van der Waals surface area contributed by atoms with Crippen LogP contribution in [0.3, 0.4) is 0 Å². The van der Waals surface area contributed by atoms with Crippen LogP contribution < -0.4 is 5.32 Å². The van der Waals surface area contributed by atoms with Crippen molar-refractivity contribution in [3.63, 3.8) is 0 Å². The third kappa shape index (κ3) is 3.27. The quantitative estimate of drug-likeness (QED) is 0.677.